The van der Waals surface area contributed by atoms with Crippen LogP contribution in [-0.2, 0) is 11.3 Å². The van der Waals surface area contributed by atoms with Crippen LogP contribution in [0.4, 0.5) is 10.1 Å². The first-order valence-electron chi connectivity index (χ1n) is 8.57. The highest BCUT2D eigenvalue weighted by Gasteiger charge is 2.39. The summed E-state index contributed by atoms with van der Waals surface area (Å²) in [5.41, 5.74) is 2.22. The van der Waals surface area contributed by atoms with E-state index in [4.69, 9.17) is 4.74 Å². The quantitative estimate of drug-likeness (QED) is 0.579. The van der Waals surface area contributed by atoms with E-state index in [1.807, 2.05) is 30.3 Å². The minimum Gasteiger partial charge on any atom is -0.382 e. The molecule has 0 bridgehead atoms. The molecule has 1 saturated heterocycles. The van der Waals surface area contributed by atoms with Crippen LogP contribution in [0, 0.1) is 11.2 Å². The van der Waals surface area contributed by atoms with Gasteiger partial charge in [-0.1, -0.05) is 18.2 Å². The number of nitrogens with one attached hydrogen (secondary N) is 2. The third kappa shape index (κ3) is 2.52. The maximum atomic E-state index is 14.6. The molecule has 0 saturated carbocycles. The monoisotopic (exact) mass is 351 g/mol. The molecule has 1 aliphatic heterocycles. The van der Waals surface area contributed by atoms with E-state index in [0.717, 1.165) is 21.8 Å². The van der Waals surface area contributed by atoms with Crippen molar-refractivity contribution in [3.8, 4) is 0 Å². The van der Waals surface area contributed by atoms with Crippen LogP contribution in [0.5, 0.6) is 0 Å². The molecule has 6 nitrogen and oxygen atoms in total. The van der Waals surface area contributed by atoms with E-state index in [1.54, 1.807) is 17.1 Å². The fourth-order valence-electron chi connectivity index (χ4n) is 3.59. The van der Waals surface area contributed by atoms with E-state index < -0.39 is 0 Å². The molecule has 2 N–H and O–H groups in total. The first-order valence-corrected chi connectivity index (χ1v) is 8.57. The molecule has 0 radical (unpaired) electrons. The zero-order chi connectivity index (χ0) is 17.6. The van der Waals surface area contributed by atoms with E-state index in [-0.39, 0.29) is 11.2 Å². The summed E-state index contributed by atoms with van der Waals surface area (Å²) in [5.74, 6) is -0.264. The molecule has 3 heterocycles. The number of aromatic amines is 1. The molecule has 4 aromatic rings. The third-order valence-electron chi connectivity index (χ3n) is 5.03. The maximum Gasteiger partial charge on any atom is 0.148 e. The van der Waals surface area contributed by atoms with Crippen LogP contribution >= 0.6 is 0 Å². The van der Waals surface area contributed by atoms with Crippen molar-refractivity contribution in [3.05, 3.63) is 54.9 Å². The molecule has 1 aliphatic rings. The molecule has 0 spiro atoms. The Balaban J connectivity index is 1.43. The van der Waals surface area contributed by atoms with Gasteiger partial charge in [0.2, 0.25) is 0 Å². The van der Waals surface area contributed by atoms with Gasteiger partial charge in [0, 0.05) is 34.4 Å². The van der Waals surface area contributed by atoms with Gasteiger partial charge >= 0.3 is 0 Å². The van der Waals surface area contributed by atoms with Crippen LogP contribution in [0.1, 0.15) is 0 Å². The number of fused-ring (bicyclic) bond motifs is 3. The molecular formula is C19H18FN5O. The number of hydrogen-bond acceptors (Lipinski definition) is 4. The standard InChI is InChI=1S/C19H18FN5O/c20-15-6-17-14(13-3-1-2-4-16(13)24-17)5-18(15)22-7-19(9-26-10-19)8-25-12-21-11-23-25/h1-6,11-12,22,24H,7-10H2. The van der Waals surface area contributed by atoms with Gasteiger partial charge in [-0.05, 0) is 12.1 Å². The average molecular weight is 351 g/mol. The second-order valence-electron chi connectivity index (χ2n) is 6.99. The number of benzene rings is 2. The van der Waals surface area contributed by atoms with E-state index in [1.165, 1.54) is 6.33 Å². The predicted octanol–water partition coefficient (Wildman–Crippen LogP) is 3.18. The number of anilines is 1. The molecule has 1 fully saturated rings. The largest absolute Gasteiger partial charge is 0.382 e. The van der Waals surface area contributed by atoms with Crippen LogP contribution in [0.25, 0.3) is 21.8 Å². The SMILES string of the molecule is Fc1cc2[nH]c3ccccc3c2cc1NCC1(Cn2cncn2)COC1. The molecule has 0 aliphatic carbocycles. The minimum atomic E-state index is -0.264. The van der Waals surface area contributed by atoms with E-state index in [9.17, 15) is 4.39 Å². The highest BCUT2D eigenvalue weighted by molar-refractivity contribution is 6.08. The Kier molecular flexibility index (Phi) is 3.43. The summed E-state index contributed by atoms with van der Waals surface area (Å²) >= 11 is 0. The Morgan fingerprint density at radius 2 is 2.08 bits per heavy atom. The van der Waals surface area contributed by atoms with Crippen molar-refractivity contribution in [2.75, 3.05) is 25.1 Å². The summed E-state index contributed by atoms with van der Waals surface area (Å²) in [6, 6.07) is 11.4. The Bertz CT molecular complexity index is 1070. The summed E-state index contributed by atoms with van der Waals surface area (Å²) in [5, 5.41) is 9.56. The van der Waals surface area contributed by atoms with Crippen LogP contribution in [0.15, 0.2) is 49.1 Å². The van der Waals surface area contributed by atoms with Crippen molar-refractivity contribution in [1.82, 2.24) is 19.7 Å². The number of para-hydroxylation sites is 1. The van der Waals surface area contributed by atoms with Crippen molar-refractivity contribution in [3.63, 3.8) is 0 Å². The predicted molar refractivity (Wildman–Crippen MR) is 97.5 cm³/mol. The summed E-state index contributed by atoms with van der Waals surface area (Å²) in [4.78, 5) is 7.25. The smallest absolute Gasteiger partial charge is 0.148 e. The lowest BCUT2D eigenvalue weighted by atomic mass is 9.85. The molecule has 2 aromatic heterocycles. The summed E-state index contributed by atoms with van der Waals surface area (Å²) in [6.45, 7) is 2.54. The lowest BCUT2D eigenvalue weighted by Gasteiger charge is -2.41. The number of rotatable bonds is 5. The molecular weight excluding hydrogens is 333 g/mol. The lowest BCUT2D eigenvalue weighted by molar-refractivity contribution is -0.114. The minimum absolute atomic E-state index is 0.102. The number of H-pyrrole nitrogens is 1. The molecule has 5 rings (SSSR count). The Morgan fingerprint density at radius 1 is 1.19 bits per heavy atom. The number of hydrogen-bond donors (Lipinski definition) is 2. The lowest BCUT2D eigenvalue weighted by Crippen LogP contribution is -2.50. The van der Waals surface area contributed by atoms with Gasteiger partial charge in [-0.25, -0.2) is 9.37 Å². The van der Waals surface area contributed by atoms with Crippen molar-refractivity contribution in [2.24, 2.45) is 5.41 Å². The zero-order valence-corrected chi connectivity index (χ0v) is 14.1. The van der Waals surface area contributed by atoms with Crippen molar-refractivity contribution >= 4 is 27.5 Å². The molecule has 0 atom stereocenters. The molecule has 2 aromatic carbocycles. The Hall–Kier alpha value is -2.93. The number of aromatic nitrogens is 4. The van der Waals surface area contributed by atoms with Crippen LogP contribution < -0.4 is 5.32 Å². The van der Waals surface area contributed by atoms with E-state index >= 15 is 0 Å². The number of nitrogens with zero attached hydrogens (tertiary/aromatic N) is 3. The van der Waals surface area contributed by atoms with Crippen molar-refractivity contribution in [1.29, 1.82) is 0 Å². The van der Waals surface area contributed by atoms with Gasteiger partial charge in [0.05, 0.1) is 30.9 Å². The van der Waals surface area contributed by atoms with Crippen molar-refractivity contribution in [2.45, 2.75) is 6.54 Å². The van der Waals surface area contributed by atoms with Gasteiger partial charge in [-0.3, -0.25) is 4.68 Å². The van der Waals surface area contributed by atoms with Gasteiger partial charge in [0.1, 0.15) is 18.5 Å². The molecule has 7 heteroatoms. The fraction of sp³-hybridized carbons (Fsp3) is 0.263. The summed E-state index contributed by atoms with van der Waals surface area (Å²) in [6.07, 6.45) is 3.21. The van der Waals surface area contributed by atoms with Crippen molar-refractivity contribution < 1.29 is 9.13 Å². The topological polar surface area (TPSA) is 67.8 Å². The highest BCUT2D eigenvalue weighted by Crippen LogP contribution is 2.33. The molecule has 0 amide bonds. The second-order valence-corrected chi connectivity index (χ2v) is 6.99. The number of ether oxygens (including phenoxy) is 1. The molecule has 132 valence electrons. The van der Waals surface area contributed by atoms with E-state index in [0.29, 0.717) is 32.0 Å². The number of halogens is 1. The zero-order valence-electron chi connectivity index (χ0n) is 14.1. The van der Waals surface area contributed by atoms with Gasteiger partial charge in [-0.2, -0.15) is 5.10 Å². The Labute approximate surface area is 149 Å². The first kappa shape index (κ1) is 15.3. The van der Waals surface area contributed by atoms with Crippen LogP contribution in [0.3, 0.4) is 0 Å². The van der Waals surface area contributed by atoms with Crippen LogP contribution in [0.2, 0.25) is 0 Å². The first-order chi connectivity index (χ1) is 12.7. The van der Waals surface area contributed by atoms with Gasteiger partial charge in [0.15, 0.2) is 0 Å². The fourth-order valence-corrected chi connectivity index (χ4v) is 3.59. The summed E-state index contributed by atoms with van der Waals surface area (Å²) in [7, 11) is 0. The molecule has 26 heavy (non-hydrogen) atoms. The van der Waals surface area contributed by atoms with Crippen LogP contribution in [-0.4, -0.2) is 39.5 Å². The summed E-state index contributed by atoms with van der Waals surface area (Å²) < 4.78 is 21.8. The third-order valence-corrected chi connectivity index (χ3v) is 5.03. The van der Waals surface area contributed by atoms with Gasteiger partial charge in [0.25, 0.3) is 0 Å². The Morgan fingerprint density at radius 3 is 2.85 bits per heavy atom. The normalized spacial score (nSPS) is 16.0. The average Bonchev–Trinajstić information content (AvgIpc) is 3.24. The maximum absolute atomic E-state index is 14.6. The highest BCUT2D eigenvalue weighted by atomic mass is 19.1. The van der Waals surface area contributed by atoms with E-state index in [2.05, 4.69) is 20.4 Å². The van der Waals surface area contributed by atoms with Gasteiger partial charge < -0.3 is 15.0 Å². The second kappa shape index (κ2) is 5.81. The molecule has 0 unspecified atom stereocenters. The van der Waals surface area contributed by atoms with Gasteiger partial charge in [-0.15, -0.1) is 0 Å².